The second kappa shape index (κ2) is 7.60. The van der Waals surface area contributed by atoms with E-state index >= 15 is 0 Å². The number of halogens is 1. The van der Waals surface area contributed by atoms with Crippen LogP contribution in [-0.4, -0.2) is 20.9 Å². The van der Waals surface area contributed by atoms with Gasteiger partial charge < -0.3 is 10.0 Å². The van der Waals surface area contributed by atoms with Crippen molar-refractivity contribution in [3.05, 3.63) is 106 Å². The molecule has 1 atom stereocenters. The maximum atomic E-state index is 13.0. The van der Waals surface area contributed by atoms with E-state index in [2.05, 4.69) is 20.9 Å². The summed E-state index contributed by atoms with van der Waals surface area (Å²) in [7, 11) is 0. The number of aryl methyl sites for hydroxylation is 1. The van der Waals surface area contributed by atoms with Crippen LogP contribution in [-0.2, 0) is 11.3 Å². The van der Waals surface area contributed by atoms with E-state index in [1.807, 2.05) is 73.7 Å². The number of aliphatic hydroxyl groups is 1. The van der Waals surface area contributed by atoms with E-state index in [0.717, 1.165) is 26.9 Å². The molecule has 1 amide bonds. The van der Waals surface area contributed by atoms with Gasteiger partial charge in [0.05, 0.1) is 18.3 Å². The quantitative estimate of drug-likeness (QED) is 0.613. The lowest BCUT2D eigenvalue weighted by atomic mass is 9.93. The molecule has 0 bridgehead atoms. The van der Waals surface area contributed by atoms with Crippen molar-refractivity contribution in [1.29, 1.82) is 0 Å². The maximum absolute atomic E-state index is 13.0. The van der Waals surface area contributed by atoms with Gasteiger partial charge in [0.1, 0.15) is 0 Å². The van der Waals surface area contributed by atoms with Crippen molar-refractivity contribution in [2.45, 2.75) is 19.5 Å². The molecule has 140 valence electrons. The Morgan fingerprint density at radius 1 is 1.07 bits per heavy atom. The number of amides is 1. The molecule has 1 N–H and O–H groups in total. The number of nitrogens with zero attached hydrogens (tertiary/aromatic N) is 2. The Bertz CT molecular complexity index is 1050. The van der Waals surface area contributed by atoms with E-state index in [4.69, 9.17) is 0 Å². The molecular weight excluding hydrogens is 416 g/mol. The predicted octanol–water partition coefficient (Wildman–Crippen LogP) is 5.21. The highest BCUT2D eigenvalue weighted by atomic mass is 79.9. The fraction of sp³-hybridized carbons (Fsp3) is 0.130. The molecule has 0 radical (unpaired) electrons. The first kappa shape index (κ1) is 18.4. The minimum absolute atomic E-state index is 0.204. The first-order valence-corrected chi connectivity index (χ1v) is 9.80. The number of aromatic nitrogens is 1. The van der Waals surface area contributed by atoms with E-state index in [1.165, 1.54) is 0 Å². The first-order valence-electron chi connectivity index (χ1n) is 9.01. The summed E-state index contributed by atoms with van der Waals surface area (Å²) in [6.07, 6.45) is 1.71. The molecule has 2 aromatic carbocycles. The molecule has 0 aliphatic carbocycles. The number of carbonyl (C=O) groups is 1. The second-order valence-corrected chi connectivity index (χ2v) is 7.76. The third kappa shape index (κ3) is 3.45. The van der Waals surface area contributed by atoms with E-state index in [0.29, 0.717) is 12.1 Å². The van der Waals surface area contributed by atoms with Crippen LogP contribution in [0.2, 0.25) is 0 Å². The summed E-state index contributed by atoms with van der Waals surface area (Å²) in [6.45, 7) is 2.33. The van der Waals surface area contributed by atoms with Crippen molar-refractivity contribution in [2.75, 3.05) is 0 Å². The van der Waals surface area contributed by atoms with Gasteiger partial charge in [-0.2, -0.15) is 0 Å². The summed E-state index contributed by atoms with van der Waals surface area (Å²) in [5.41, 5.74) is 4.29. The molecule has 0 saturated heterocycles. The fourth-order valence-corrected chi connectivity index (χ4v) is 3.95. The van der Waals surface area contributed by atoms with Gasteiger partial charge in [-0.15, -0.1) is 0 Å². The average molecular weight is 435 g/mol. The van der Waals surface area contributed by atoms with Gasteiger partial charge in [0.2, 0.25) is 0 Å². The molecule has 1 aromatic heterocycles. The summed E-state index contributed by atoms with van der Waals surface area (Å²) in [6, 6.07) is 20.9. The zero-order valence-electron chi connectivity index (χ0n) is 15.3. The topological polar surface area (TPSA) is 53.4 Å². The van der Waals surface area contributed by atoms with Gasteiger partial charge in [0, 0.05) is 16.2 Å². The first-order chi connectivity index (χ1) is 13.5. The van der Waals surface area contributed by atoms with E-state index < -0.39 is 6.04 Å². The molecule has 0 saturated carbocycles. The molecule has 1 unspecified atom stereocenters. The molecule has 0 spiro atoms. The summed E-state index contributed by atoms with van der Waals surface area (Å²) >= 11 is 3.52. The lowest BCUT2D eigenvalue weighted by molar-refractivity contribution is -0.130. The lowest BCUT2D eigenvalue weighted by Crippen LogP contribution is -2.30. The molecule has 1 aliphatic heterocycles. The van der Waals surface area contributed by atoms with Gasteiger partial charge in [-0.05, 0) is 42.3 Å². The Labute approximate surface area is 172 Å². The number of hydrogen-bond donors (Lipinski definition) is 1. The highest BCUT2D eigenvalue weighted by molar-refractivity contribution is 9.10. The highest BCUT2D eigenvalue weighted by Crippen LogP contribution is 2.44. The number of benzene rings is 2. The van der Waals surface area contributed by atoms with E-state index in [1.54, 1.807) is 11.1 Å². The monoisotopic (exact) mass is 434 g/mol. The largest absolute Gasteiger partial charge is 0.503 e. The van der Waals surface area contributed by atoms with Crippen LogP contribution < -0.4 is 0 Å². The van der Waals surface area contributed by atoms with Crippen LogP contribution in [0.1, 0.15) is 28.4 Å². The van der Waals surface area contributed by atoms with Gasteiger partial charge in [0.15, 0.2) is 5.76 Å². The summed E-state index contributed by atoms with van der Waals surface area (Å²) in [4.78, 5) is 19.0. The van der Waals surface area contributed by atoms with Crippen molar-refractivity contribution in [2.24, 2.45) is 0 Å². The zero-order chi connectivity index (χ0) is 19.7. The Morgan fingerprint density at radius 3 is 2.54 bits per heavy atom. The summed E-state index contributed by atoms with van der Waals surface area (Å²) in [5, 5.41) is 10.8. The molecule has 3 aromatic rings. The third-order valence-corrected chi connectivity index (χ3v) is 5.38. The average Bonchev–Trinajstić information content (AvgIpc) is 2.94. The smallest absolute Gasteiger partial charge is 0.290 e. The van der Waals surface area contributed by atoms with E-state index in [9.17, 15) is 9.90 Å². The summed E-state index contributed by atoms with van der Waals surface area (Å²) in [5.74, 6) is -0.587. The molecule has 4 rings (SSSR count). The van der Waals surface area contributed by atoms with Crippen LogP contribution in [0.4, 0.5) is 0 Å². The lowest BCUT2D eigenvalue weighted by Gasteiger charge is -2.27. The van der Waals surface area contributed by atoms with Crippen LogP contribution >= 0.6 is 15.9 Å². The van der Waals surface area contributed by atoms with Gasteiger partial charge in [-0.1, -0.05) is 64.0 Å². The third-order valence-electron chi connectivity index (χ3n) is 4.89. The molecule has 2 heterocycles. The number of carbonyl (C=O) groups excluding carboxylic acids is 1. The van der Waals surface area contributed by atoms with Crippen molar-refractivity contribution in [3.8, 4) is 0 Å². The number of pyridine rings is 1. The summed E-state index contributed by atoms with van der Waals surface area (Å²) < 4.78 is 0.921. The number of rotatable bonds is 4. The van der Waals surface area contributed by atoms with Crippen LogP contribution in [0.25, 0.3) is 5.57 Å². The molecule has 1 aliphatic rings. The normalized spacial score (nSPS) is 16.7. The van der Waals surface area contributed by atoms with Crippen molar-refractivity contribution >= 4 is 27.4 Å². The predicted molar refractivity (Wildman–Crippen MR) is 112 cm³/mol. The SMILES string of the molecule is Cc1ccc(C2=C(O)C(=O)N(Cc3ccccn3)C2c2cccc(Br)c2)cc1. The minimum Gasteiger partial charge on any atom is -0.503 e. The Kier molecular flexibility index (Phi) is 5.01. The van der Waals surface area contributed by atoms with Gasteiger partial charge in [0.25, 0.3) is 5.91 Å². The number of aliphatic hydroxyl groups excluding tert-OH is 1. The van der Waals surface area contributed by atoms with Crippen LogP contribution in [0.15, 0.2) is 83.2 Å². The van der Waals surface area contributed by atoms with E-state index in [-0.39, 0.29) is 11.7 Å². The minimum atomic E-state index is -0.394. The second-order valence-electron chi connectivity index (χ2n) is 6.84. The fourth-order valence-electron chi connectivity index (χ4n) is 3.53. The zero-order valence-corrected chi connectivity index (χ0v) is 16.9. The Morgan fingerprint density at radius 2 is 1.86 bits per heavy atom. The van der Waals surface area contributed by atoms with Crippen molar-refractivity contribution in [3.63, 3.8) is 0 Å². The molecule has 0 fully saturated rings. The molecule has 5 heteroatoms. The Hall–Kier alpha value is -2.92. The number of hydrogen-bond acceptors (Lipinski definition) is 3. The van der Waals surface area contributed by atoms with Gasteiger partial charge in [-0.25, -0.2) is 0 Å². The van der Waals surface area contributed by atoms with Gasteiger partial charge in [-0.3, -0.25) is 9.78 Å². The molecular formula is C23H19BrN2O2. The van der Waals surface area contributed by atoms with Crippen molar-refractivity contribution in [1.82, 2.24) is 9.88 Å². The van der Waals surface area contributed by atoms with Crippen molar-refractivity contribution < 1.29 is 9.90 Å². The Balaban J connectivity index is 1.83. The molecule has 28 heavy (non-hydrogen) atoms. The standard InChI is InChI=1S/C23H19BrN2O2/c1-15-8-10-16(11-9-15)20-21(17-5-4-6-18(24)13-17)26(23(28)22(20)27)14-19-7-2-3-12-25-19/h2-13,21,27H,14H2,1H3. The maximum Gasteiger partial charge on any atom is 0.290 e. The van der Waals surface area contributed by atoms with Gasteiger partial charge >= 0.3 is 0 Å². The van der Waals surface area contributed by atoms with Crippen LogP contribution in [0.5, 0.6) is 0 Å². The van der Waals surface area contributed by atoms with Crippen LogP contribution in [0.3, 0.4) is 0 Å². The highest BCUT2D eigenvalue weighted by Gasteiger charge is 2.41. The molecule has 4 nitrogen and oxygen atoms in total. The van der Waals surface area contributed by atoms with Crippen LogP contribution in [0, 0.1) is 6.92 Å².